The smallest absolute Gasteiger partial charge is 0.328 e. The molecule has 0 aliphatic carbocycles. The van der Waals surface area contributed by atoms with Crippen molar-refractivity contribution in [3.05, 3.63) is 24.3 Å². The molecule has 2 aliphatic heterocycles. The number of hydrogen-bond donors (Lipinski definition) is 1. The van der Waals surface area contributed by atoms with E-state index in [1.54, 1.807) is 4.90 Å². The molecular formula is C13H18N2O3. The Hall–Kier alpha value is -1.62. The van der Waals surface area contributed by atoms with Crippen LogP contribution < -0.4 is 5.73 Å². The molecule has 1 amide bonds. The maximum atomic E-state index is 12.3. The molecule has 0 aromatic rings. The van der Waals surface area contributed by atoms with Crippen LogP contribution in [0, 0.1) is 0 Å². The third-order valence-corrected chi connectivity index (χ3v) is 3.58. The highest BCUT2D eigenvalue weighted by molar-refractivity contribution is 5.89. The summed E-state index contributed by atoms with van der Waals surface area (Å²) >= 11 is 0. The largest absolute Gasteiger partial charge is 0.467 e. The zero-order chi connectivity index (χ0) is 13.3. The molecule has 2 aliphatic rings. The minimum atomic E-state index is -0.595. The number of nitrogens with two attached hydrogens (primary N) is 1. The van der Waals surface area contributed by atoms with Gasteiger partial charge < -0.3 is 15.4 Å². The van der Waals surface area contributed by atoms with Gasteiger partial charge in [-0.05, 0) is 24.8 Å². The van der Waals surface area contributed by atoms with Crippen molar-refractivity contribution in [3.8, 4) is 0 Å². The van der Waals surface area contributed by atoms with Crippen LogP contribution in [0.5, 0.6) is 0 Å². The number of rotatable bonds is 1. The Morgan fingerprint density at radius 1 is 1.56 bits per heavy atom. The van der Waals surface area contributed by atoms with Crippen molar-refractivity contribution < 1.29 is 14.3 Å². The van der Waals surface area contributed by atoms with Gasteiger partial charge in [0.05, 0.1) is 19.2 Å². The van der Waals surface area contributed by atoms with E-state index in [9.17, 15) is 9.59 Å². The first-order valence-corrected chi connectivity index (χ1v) is 6.07. The molecule has 0 aromatic carbocycles. The Kier molecular flexibility index (Phi) is 3.52. The molecule has 0 bridgehead atoms. The molecule has 5 nitrogen and oxygen atoms in total. The van der Waals surface area contributed by atoms with Gasteiger partial charge in [-0.25, -0.2) is 4.79 Å². The minimum Gasteiger partial charge on any atom is -0.467 e. The zero-order valence-corrected chi connectivity index (χ0v) is 10.5. The van der Waals surface area contributed by atoms with E-state index in [1.807, 2.05) is 12.2 Å². The number of hydrogen-bond acceptors (Lipinski definition) is 4. The lowest BCUT2D eigenvalue weighted by Gasteiger charge is -2.32. The first kappa shape index (κ1) is 12.8. The molecule has 2 rings (SSSR count). The minimum absolute atomic E-state index is 0.135. The molecule has 1 saturated heterocycles. The van der Waals surface area contributed by atoms with Crippen LogP contribution in [-0.4, -0.2) is 42.0 Å². The summed E-state index contributed by atoms with van der Waals surface area (Å²) in [6, 6.07) is -1.26. The summed E-state index contributed by atoms with van der Waals surface area (Å²) in [6.07, 6.45) is 5.55. The molecule has 2 N–H and O–H groups in total. The van der Waals surface area contributed by atoms with Gasteiger partial charge in [-0.3, -0.25) is 4.79 Å². The predicted octanol–water partition coefficient (Wildman–Crippen LogP) is 0.362. The van der Waals surface area contributed by atoms with Crippen LogP contribution in [0.4, 0.5) is 0 Å². The van der Waals surface area contributed by atoms with Crippen molar-refractivity contribution in [2.24, 2.45) is 5.73 Å². The first-order valence-electron chi connectivity index (χ1n) is 6.07. The van der Waals surface area contributed by atoms with E-state index >= 15 is 0 Å². The highest BCUT2D eigenvalue weighted by atomic mass is 16.5. The molecule has 0 spiro atoms. The first-order chi connectivity index (χ1) is 8.56. The molecule has 98 valence electrons. The van der Waals surface area contributed by atoms with Gasteiger partial charge in [0.25, 0.3) is 0 Å². The fourth-order valence-corrected chi connectivity index (χ4v) is 2.62. The molecular weight excluding hydrogens is 232 g/mol. The van der Waals surface area contributed by atoms with Crippen molar-refractivity contribution in [3.63, 3.8) is 0 Å². The lowest BCUT2D eigenvalue weighted by atomic mass is 10.0. The number of fused-ring (bicyclic) bond motifs is 1. The zero-order valence-electron chi connectivity index (χ0n) is 10.5. The normalized spacial score (nSPS) is 33.7. The lowest BCUT2D eigenvalue weighted by Crippen LogP contribution is -2.52. The molecule has 0 unspecified atom stereocenters. The highest BCUT2D eigenvalue weighted by Gasteiger charge is 2.43. The number of esters is 1. The van der Waals surface area contributed by atoms with E-state index in [0.717, 1.165) is 12.0 Å². The number of carbonyl (C=O) groups is 2. The molecule has 2 heterocycles. The molecule has 1 fully saturated rings. The summed E-state index contributed by atoms with van der Waals surface area (Å²) in [4.78, 5) is 25.6. The monoisotopic (exact) mass is 250 g/mol. The second kappa shape index (κ2) is 4.94. The van der Waals surface area contributed by atoms with Crippen molar-refractivity contribution in [2.75, 3.05) is 7.11 Å². The van der Waals surface area contributed by atoms with Crippen LogP contribution in [0.25, 0.3) is 0 Å². The van der Waals surface area contributed by atoms with Crippen molar-refractivity contribution in [1.82, 2.24) is 4.90 Å². The van der Waals surface area contributed by atoms with Crippen LogP contribution in [-0.2, 0) is 14.3 Å². The Labute approximate surface area is 106 Å². The predicted molar refractivity (Wildman–Crippen MR) is 66.5 cm³/mol. The molecule has 0 saturated carbocycles. The summed E-state index contributed by atoms with van der Waals surface area (Å²) in [7, 11) is 1.33. The maximum Gasteiger partial charge on any atom is 0.328 e. The van der Waals surface area contributed by atoms with Crippen molar-refractivity contribution in [2.45, 2.75) is 37.4 Å². The average molecular weight is 250 g/mol. The van der Waals surface area contributed by atoms with E-state index in [-0.39, 0.29) is 17.9 Å². The van der Waals surface area contributed by atoms with E-state index in [0.29, 0.717) is 12.8 Å². The third kappa shape index (κ3) is 2.06. The van der Waals surface area contributed by atoms with Gasteiger partial charge in [0.2, 0.25) is 5.91 Å². The van der Waals surface area contributed by atoms with Crippen LogP contribution in [0.3, 0.4) is 0 Å². The van der Waals surface area contributed by atoms with Gasteiger partial charge in [-0.2, -0.15) is 0 Å². The van der Waals surface area contributed by atoms with Gasteiger partial charge in [0.1, 0.15) is 6.04 Å². The quantitative estimate of drug-likeness (QED) is 0.682. The number of methoxy groups -OCH3 is 1. The number of amides is 1. The molecule has 18 heavy (non-hydrogen) atoms. The lowest BCUT2D eigenvalue weighted by molar-refractivity contribution is -0.152. The summed E-state index contributed by atoms with van der Waals surface area (Å²) < 4.78 is 4.75. The van der Waals surface area contributed by atoms with Crippen LogP contribution >= 0.6 is 0 Å². The Bertz CT molecular complexity index is 416. The third-order valence-electron chi connectivity index (χ3n) is 3.58. The van der Waals surface area contributed by atoms with E-state index in [2.05, 4.69) is 6.58 Å². The summed E-state index contributed by atoms with van der Waals surface area (Å²) in [5, 5.41) is 0. The van der Waals surface area contributed by atoms with Gasteiger partial charge in [0, 0.05) is 0 Å². The molecule has 5 heteroatoms. The van der Waals surface area contributed by atoms with E-state index in [4.69, 9.17) is 10.5 Å². The molecule has 0 aromatic heterocycles. The number of ether oxygens (including phenoxy) is 1. The van der Waals surface area contributed by atoms with E-state index < -0.39 is 12.1 Å². The average Bonchev–Trinajstić information content (AvgIpc) is 2.79. The van der Waals surface area contributed by atoms with Crippen molar-refractivity contribution >= 4 is 11.9 Å². The second-order valence-electron chi connectivity index (χ2n) is 4.70. The van der Waals surface area contributed by atoms with Gasteiger partial charge >= 0.3 is 5.97 Å². The standard InChI is InChI=1S/C13H18N2O3/c1-8-4-3-5-9(14)12(16)15-10(8)6-7-11(15)13(17)18-2/h3-4,9-11H,1,5-7,14H2,2H3/b4-3-/t9-,10+,11-/m0/s1. The summed E-state index contributed by atoms with van der Waals surface area (Å²) in [5.74, 6) is -0.575. The number of carbonyl (C=O) groups excluding carboxylic acids is 2. The fraction of sp³-hybridized carbons (Fsp3) is 0.538. The SMILES string of the molecule is C=C1/C=C\C[C@H](N)C(=O)N2[C@@H]1CC[C@H]2C(=O)OC. The maximum absolute atomic E-state index is 12.3. The highest BCUT2D eigenvalue weighted by Crippen LogP contribution is 2.31. The molecule has 3 atom stereocenters. The summed E-state index contributed by atoms with van der Waals surface area (Å²) in [6.45, 7) is 3.96. The van der Waals surface area contributed by atoms with Crippen molar-refractivity contribution in [1.29, 1.82) is 0 Å². The van der Waals surface area contributed by atoms with Gasteiger partial charge in [0.15, 0.2) is 0 Å². The topological polar surface area (TPSA) is 72.6 Å². The van der Waals surface area contributed by atoms with Gasteiger partial charge in [-0.1, -0.05) is 18.7 Å². The Balaban J connectivity index is 2.33. The number of nitrogens with zero attached hydrogens (tertiary/aromatic N) is 1. The second-order valence-corrected chi connectivity index (χ2v) is 4.70. The van der Waals surface area contributed by atoms with Crippen LogP contribution in [0.15, 0.2) is 24.3 Å². The van der Waals surface area contributed by atoms with Gasteiger partial charge in [-0.15, -0.1) is 0 Å². The van der Waals surface area contributed by atoms with Crippen LogP contribution in [0.2, 0.25) is 0 Å². The molecule has 0 radical (unpaired) electrons. The Morgan fingerprint density at radius 3 is 2.94 bits per heavy atom. The van der Waals surface area contributed by atoms with E-state index in [1.165, 1.54) is 7.11 Å². The van der Waals surface area contributed by atoms with Crippen LogP contribution in [0.1, 0.15) is 19.3 Å². The summed E-state index contributed by atoms with van der Waals surface area (Å²) in [5.41, 5.74) is 6.68. The Morgan fingerprint density at radius 2 is 2.28 bits per heavy atom. The fourth-order valence-electron chi connectivity index (χ4n) is 2.62.